The molecule has 1 atom stereocenters. The van der Waals surface area contributed by atoms with E-state index in [1.54, 1.807) is 16.7 Å². The zero-order valence-corrected chi connectivity index (χ0v) is 13.3. The molecule has 3 heterocycles. The highest BCUT2D eigenvalue weighted by Crippen LogP contribution is 2.24. The molecule has 0 radical (unpaired) electrons. The standard InChI is InChI=1S/C15H22N4O4/c1-10(20)17-5-2-11(3-6-17)14(22)18-7-4-12(9-18)19-13(21)8-16-15(19)23/h11-12H,2-9H2,1H3,(H,16,23). The molecule has 8 heteroatoms. The average Bonchev–Trinajstić information content (AvgIpc) is 3.13. The van der Waals surface area contributed by atoms with Crippen LogP contribution in [0.4, 0.5) is 4.79 Å². The summed E-state index contributed by atoms with van der Waals surface area (Å²) in [6.45, 7) is 3.84. The van der Waals surface area contributed by atoms with Gasteiger partial charge in [-0.2, -0.15) is 0 Å². The molecule has 8 nitrogen and oxygen atoms in total. The van der Waals surface area contributed by atoms with Crippen molar-refractivity contribution >= 4 is 23.8 Å². The topological polar surface area (TPSA) is 90.0 Å². The summed E-state index contributed by atoms with van der Waals surface area (Å²) >= 11 is 0. The molecular formula is C15H22N4O4. The van der Waals surface area contributed by atoms with Gasteiger partial charge in [-0.1, -0.05) is 0 Å². The van der Waals surface area contributed by atoms with Crippen molar-refractivity contribution in [2.75, 3.05) is 32.7 Å². The molecule has 3 fully saturated rings. The second kappa shape index (κ2) is 6.17. The van der Waals surface area contributed by atoms with Crippen LogP contribution in [0.15, 0.2) is 0 Å². The van der Waals surface area contributed by atoms with Gasteiger partial charge in [0.1, 0.15) is 0 Å². The van der Waals surface area contributed by atoms with Crippen molar-refractivity contribution in [1.29, 1.82) is 0 Å². The van der Waals surface area contributed by atoms with Crippen LogP contribution in [0.25, 0.3) is 0 Å². The highest BCUT2D eigenvalue weighted by molar-refractivity contribution is 6.02. The summed E-state index contributed by atoms with van der Waals surface area (Å²) in [7, 11) is 0. The van der Waals surface area contributed by atoms with Crippen LogP contribution in [0.1, 0.15) is 26.2 Å². The predicted molar refractivity (Wildman–Crippen MR) is 80.2 cm³/mol. The van der Waals surface area contributed by atoms with E-state index in [1.807, 2.05) is 0 Å². The Balaban J connectivity index is 1.55. The van der Waals surface area contributed by atoms with Gasteiger partial charge in [0.05, 0.1) is 12.6 Å². The molecule has 0 bridgehead atoms. The lowest BCUT2D eigenvalue weighted by molar-refractivity contribution is -0.139. The van der Waals surface area contributed by atoms with Crippen molar-refractivity contribution in [3.63, 3.8) is 0 Å². The van der Waals surface area contributed by atoms with Gasteiger partial charge in [0.25, 0.3) is 0 Å². The molecule has 0 spiro atoms. The van der Waals surface area contributed by atoms with Crippen LogP contribution in [0, 0.1) is 5.92 Å². The maximum absolute atomic E-state index is 12.6. The Labute approximate surface area is 134 Å². The van der Waals surface area contributed by atoms with Gasteiger partial charge in [0, 0.05) is 39.0 Å². The molecule has 3 aliphatic heterocycles. The minimum atomic E-state index is -0.357. The van der Waals surface area contributed by atoms with E-state index >= 15 is 0 Å². The number of nitrogens with zero attached hydrogens (tertiary/aromatic N) is 3. The molecular weight excluding hydrogens is 300 g/mol. The molecule has 0 saturated carbocycles. The van der Waals surface area contributed by atoms with E-state index < -0.39 is 0 Å². The molecule has 126 valence electrons. The van der Waals surface area contributed by atoms with E-state index in [1.165, 1.54) is 4.90 Å². The number of carbonyl (C=O) groups is 4. The zero-order valence-electron chi connectivity index (χ0n) is 13.3. The Kier molecular flexibility index (Phi) is 4.23. The third kappa shape index (κ3) is 3.02. The molecule has 1 unspecified atom stereocenters. The van der Waals surface area contributed by atoms with Crippen molar-refractivity contribution in [3.8, 4) is 0 Å². The van der Waals surface area contributed by atoms with Gasteiger partial charge in [-0.3, -0.25) is 19.3 Å². The van der Waals surface area contributed by atoms with Crippen LogP contribution in [0.2, 0.25) is 0 Å². The second-order valence-electron chi connectivity index (χ2n) is 6.43. The molecule has 3 aliphatic rings. The number of nitrogens with one attached hydrogen (secondary N) is 1. The van der Waals surface area contributed by atoms with Gasteiger partial charge in [-0.15, -0.1) is 0 Å². The summed E-state index contributed by atoms with van der Waals surface area (Å²) in [6.07, 6.45) is 2.00. The van der Waals surface area contributed by atoms with Crippen molar-refractivity contribution in [2.24, 2.45) is 5.92 Å². The van der Waals surface area contributed by atoms with E-state index in [0.29, 0.717) is 45.4 Å². The molecule has 1 N–H and O–H groups in total. The summed E-state index contributed by atoms with van der Waals surface area (Å²) in [5.41, 5.74) is 0. The van der Waals surface area contributed by atoms with Crippen LogP contribution in [-0.2, 0) is 14.4 Å². The van der Waals surface area contributed by atoms with Crippen LogP contribution >= 0.6 is 0 Å². The van der Waals surface area contributed by atoms with Crippen molar-refractivity contribution < 1.29 is 19.2 Å². The third-order valence-corrected chi connectivity index (χ3v) is 5.01. The highest BCUT2D eigenvalue weighted by Gasteiger charge is 2.41. The number of rotatable bonds is 2. The fourth-order valence-electron chi connectivity index (χ4n) is 3.66. The van der Waals surface area contributed by atoms with Gasteiger partial charge in [0.2, 0.25) is 17.7 Å². The Bertz CT molecular complexity index is 526. The van der Waals surface area contributed by atoms with Crippen molar-refractivity contribution in [2.45, 2.75) is 32.2 Å². The van der Waals surface area contributed by atoms with Gasteiger partial charge >= 0.3 is 6.03 Å². The number of likely N-dealkylation sites (tertiary alicyclic amines) is 2. The number of hydrogen-bond acceptors (Lipinski definition) is 4. The number of piperidine rings is 1. The number of hydrogen-bond donors (Lipinski definition) is 1. The quantitative estimate of drug-likeness (QED) is 0.687. The monoisotopic (exact) mass is 322 g/mol. The number of urea groups is 1. The smallest absolute Gasteiger partial charge is 0.324 e. The summed E-state index contributed by atoms with van der Waals surface area (Å²) in [6, 6.07) is -0.574. The van der Waals surface area contributed by atoms with E-state index in [2.05, 4.69) is 5.32 Å². The molecule has 3 rings (SSSR count). The normalized spacial score (nSPS) is 26.0. The summed E-state index contributed by atoms with van der Waals surface area (Å²) in [4.78, 5) is 52.2. The third-order valence-electron chi connectivity index (χ3n) is 5.01. The van der Waals surface area contributed by atoms with Gasteiger partial charge in [0.15, 0.2) is 0 Å². The Morgan fingerprint density at radius 3 is 2.26 bits per heavy atom. The SMILES string of the molecule is CC(=O)N1CCC(C(=O)N2CCC(N3C(=O)CNC3=O)C2)CC1. The van der Waals surface area contributed by atoms with Crippen LogP contribution in [0.5, 0.6) is 0 Å². The molecule has 23 heavy (non-hydrogen) atoms. The van der Waals surface area contributed by atoms with E-state index in [0.717, 1.165) is 0 Å². The molecule has 0 aliphatic carbocycles. The zero-order chi connectivity index (χ0) is 16.6. The fraction of sp³-hybridized carbons (Fsp3) is 0.733. The van der Waals surface area contributed by atoms with E-state index in [9.17, 15) is 19.2 Å². The number of imide groups is 1. The molecule has 0 aromatic rings. The summed E-state index contributed by atoms with van der Waals surface area (Å²) in [5.74, 6) is -0.144. The molecule has 3 saturated heterocycles. The Hall–Kier alpha value is -2.12. The highest BCUT2D eigenvalue weighted by atomic mass is 16.2. The summed E-state index contributed by atoms with van der Waals surface area (Å²) in [5, 5.41) is 2.52. The minimum Gasteiger partial charge on any atom is -0.343 e. The molecule has 5 amide bonds. The lowest BCUT2D eigenvalue weighted by atomic mass is 9.95. The van der Waals surface area contributed by atoms with Crippen molar-refractivity contribution in [1.82, 2.24) is 20.0 Å². The van der Waals surface area contributed by atoms with Crippen molar-refractivity contribution in [3.05, 3.63) is 0 Å². The Morgan fingerprint density at radius 2 is 1.70 bits per heavy atom. The van der Waals surface area contributed by atoms with Gasteiger partial charge < -0.3 is 15.1 Å². The fourth-order valence-corrected chi connectivity index (χ4v) is 3.66. The number of amides is 5. The maximum Gasteiger partial charge on any atom is 0.324 e. The predicted octanol–water partition coefficient (Wildman–Crippen LogP) is -0.602. The lowest BCUT2D eigenvalue weighted by Gasteiger charge is -2.32. The molecule has 0 aromatic heterocycles. The molecule has 0 aromatic carbocycles. The second-order valence-corrected chi connectivity index (χ2v) is 6.43. The lowest BCUT2D eigenvalue weighted by Crippen LogP contribution is -2.45. The average molecular weight is 322 g/mol. The van der Waals surface area contributed by atoms with Gasteiger partial charge in [-0.25, -0.2) is 4.79 Å². The van der Waals surface area contributed by atoms with Gasteiger partial charge in [-0.05, 0) is 19.3 Å². The Morgan fingerprint density at radius 1 is 1.04 bits per heavy atom. The van der Waals surface area contributed by atoms with Crippen LogP contribution in [0.3, 0.4) is 0 Å². The van der Waals surface area contributed by atoms with E-state index in [4.69, 9.17) is 0 Å². The van der Waals surface area contributed by atoms with Crippen LogP contribution in [-0.4, -0.2) is 77.2 Å². The van der Waals surface area contributed by atoms with E-state index in [-0.39, 0.29) is 42.3 Å². The first kappa shape index (κ1) is 15.8. The minimum absolute atomic E-state index is 0.0484. The van der Waals surface area contributed by atoms with Crippen LogP contribution < -0.4 is 5.32 Å². The largest absolute Gasteiger partial charge is 0.343 e. The summed E-state index contributed by atoms with van der Waals surface area (Å²) < 4.78 is 0. The first-order valence-corrected chi connectivity index (χ1v) is 8.11. The number of carbonyl (C=O) groups excluding carboxylic acids is 4. The first-order chi connectivity index (χ1) is 11.0. The first-order valence-electron chi connectivity index (χ1n) is 8.11. The maximum atomic E-state index is 12.6.